The third-order valence-corrected chi connectivity index (χ3v) is 4.95. The number of nitrogens with zero attached hydrogens (tertiary/aromatic N) is 1. The van der Waals surface area contributed by atoms with Crippen LogP contribution in [0.4, 0.5) is 4.39 Å². The van der Waals surface area contributed by atoms with Crippen molar-refractivity contribution in [2.75, 3.05) is 13.1 Å². The standard InChI is InChI=1S/C21H22ClFN2O3/c1-14(28-19-7-5-16(22)6-8-19)21(27)25-11-9-18(10-12-25)24-20(26)15-3-2-4-17(23)13-15/h2-8,13-14,18H,9-12H2,1H3,(H,24,26). The second-order valence-electron chi connectivity index (χ2n) is 6.80. The second kappa shape index (κ2) is 9.06. The second-order valence-corrected chi connectivity index (χ2v) is 7.23. The first-order valence-electron chi connectivity index (χ1n) is 9.20. The summed E-state index contributed by atoms with van der Waals surface area (Å²) < 4.78 is 18.9. The van der Waals surface area contributed by atoms with Crippen molar-refractivity contribution < 1.29 is 18.7 Å². The van der Waals surface area contributed by atoms with Crippen molar-refractivity contribution in [3.8, 4) is 5.75 Å². The van der Waals surface area contributed by atoms with Gasteiger partial charge < -0.3 is 15.0 Å². The quantitative estimate of drug-likeness (QED) is 0.827. The number of amides is 2. The minimum absolute atomic E-state index is 0.0488. The Balaban J connectivity index is 1.48. The number of ether oxygens (including phenoxy) is 1. The van der Waals surface area contributed by atoms with Crippen LogP contribution in [0.3, 0.4) is 0 Å². The van der Waals surface area contributed by atoms with Gasteiger partial charge in [0.05, 0.1) is 0 Å². The van der Waals surface area contributed by atoms with Crippen molar-refractivity contribution in [2.24, 2.45) is 0 Å². The Morgan fingerprint density at radius 3 is 2.50 bits per heavy atom. The molecule has 0 aromatic heterocycles. The van der Waals surface area contributed by atoms with Crippen LogP contribution in [-0.4, -0.2) is 41.9 Å². The molecule has 3 rings (SSSR count). The van der Waals surface area contributed by atoms with E-state index in [-0.39, 0.29) is 17.9 Å². The molecule has 148 valence electrons. The minimum Gasteiger partial charge on any atom is -0.481 e. The highest BCUT2D eigenvalue weighted by atomic mass is 35.5. The van der Waals surface area contributed by atoms with E-state index in [0.29, 0.717) is 42.3 Å². The van der Waals surface area contributed by atoms with Crippen molar-refractivity contribution >= 4 is 23.4 Å². The van der Waals surface area contributed by atoms with Crippen LogP contribution in [0.25, 0.3) is 0 Å². The third-order valence-electron chi connectivity index (χ3n) is 4.70. The lowest BCUT2D eigenvalue weighted by molar-refractivity contribution is -0.139. The van der Waals surface area contributed by atoms with E-state index in [2.05, 4.69) is 5.32 Å². The number of rotatable bonds is 5. The van der Waals surface area contributed by atoms with Crippen LogP contribution in [0.5, 0.6) is 5.75 Å². The van der Waals surface area contributed by atoms with Crippen LogP contribution in [0.2, 0.25) is 5.02 Å². The van der Waals surface area contributed by atoms with Crippen LogP contribution in [-0.2, 0) is 4.79 Å². The lowest BCUT2D eigenvalue weighted by Crippen LogP contribution is -2.49. The van der Waals surface area contributed by atoms with Crippen LogP contribution in [0.1, 0.15) is 30.1 Å². The SMILES string of the molecule is CC(Oc1ccc(Cl)cc1)C(=O)N1CCC(NC(=O)c2cccc(F)c2)CC1. The van der Waals surface area contributed by atoms with Gasteiger partial charge in [0.1, 0.15) is 11.6 Å². The third kappa shape index (κ3) is 5.23. The molecule has 1 aliphatic heterocycles. The number of benzene rings is 2. The molecule has 28 heavy (non-hydrogen) atoms. The summed E-state index contributed by atoms with van der Waals surface area (Å²) in [6.07, 6.45) is 0.667. The molecule has 5 nitrogen and oxygen atoms in total. The molecule has 2 amide bonds. The van der Waals surface area contributed by atoms with Crippen molar-refractivity contribution in [3.63, 3.8) is 0 Å². The van der Waals surface area contributed by atoms with Crippen LogP contribution >= 0.6 is 11.6 Å². The Hall–Kier alpha value is -2.60. The first-order chi connectivity index (χ1) is 13.4. The van der Waals surface area contributed by atoms with Gasteiger partial charge >= 0.3 is 0 Å². The van der Waals surface area contributed by atoms with Crippen LogP contribution in [0, 0.1) is 5.82 Å². The fourth-order valence-electron chi connectivity index (χ4n) is 3.17. The molecule has 0 bridgehead atoms. The van der Waals surface area contributed by atoms with Gasteiger partial charge in [0.15, 0.2) is 6.10 Å². The van der Waals surface area contributed by atoms with Gasteiger partial charge in [0.25, 0.3) is 11.8 Å². The van der Waals surface area contributed by atoms with Gasteiger partial charge in [0.2, 0.25) is 0 Å². The first kappa shape index (κ1) is 20.1. The van der Waals surface area contributed by atoms with E-state index < -0.39 is 11.9 Å². The summed E-state index contributed by atoms with van der Waals surface area (Å²) in [5.41, 5.74) is 0.295. The Kier molecular flexibility index (Phi) is 6.52. The van der Waals surface area contributed by atoms with E-state index in [1.807, 2.05) is 0 Å². The summed E-state index contributed by atoms with van der Waals surface area (Å²) in [5.74, 6) is -0.251. The van der Waals surface area contributed by atoms with Gasteiger partial charge in [-0.3, -0.25) is 9.59 Å². The zero-order valence-corrected chi connectivity index (χ0v) is 16.3. The van der Waals surface area contributed by atoms with E-state index in [0.717, 1.165) is 0 Å². The van der Waals surface area contributed by atoms with Crippen molar-refractivity contribution in [2.45, 2.75) is 31.9 Å². The molecule has 0 radical (unpaired) electrons. The molecule has 1 saturated heterocycles. The summed E-state index contributed by atoms with van der Waals surface area (Å²) in [5, 5.41) is 3.51. The Morgan fingerprint density at radius 1 is 1.18 bits per heavy atom. The average molecular weight is 405 g/mol. The van der Waals surface area contributed by atoms with Gasteiger partial charge in [0, 0.05) is 29.7 Å². The molecule has 1 unspecified atom stereocenters. The number of carbonyl (C=O) groups excluding carboxylic acids is 2. The number of likely N-dealkylation sites (tertiary alicyclic amines) is 1. The highest BCUT2D eigenvalue weighted by Crippen LogP contribution is 2.19. The van der Waals surface area contributed by atoms with Gasteiger partial charge in [-0.1, -0.05) is 17.7 Å². The fourth-order valence-corrected chi connectivity index (χ4v) is 3.29. The van der Waals surface area contributed by atoms with E-state index in [1.54, 1.807) is 42.2 Å². The predicted octanol–water partition coefficient (Wildman–Crippen LogP) is 3.67. The molecule has 7 heteroatoms. The molecular weight excluding hydrogens is 383 g/mol. The zero-order valence-electron chi connectivity index (χ0n) is 15.5. The summed E-state index contributed by atoms with van der Waals surface area (Å²) >= 11 is 5.85. The molecule has 1 heterocycles. The highest BCUT2D eigenvalue weighted by molar-refractivity contribution is 6.30. The molecule has 0 spiro atoms. The fraction of sp³-hybridized carbons (Fsp3) is 0.333. The first-order valence-corrected chi connectivity index (χ1v) is 9.57. The summed E-state index contributed by atoms with van der Waals surface area (Å²) in [6.45, 7) is 2.78. The lowest BCUT2D eigenvalue weighted by atomic mass is 10.0. The summed E-state index contributed by atoms with van der Waals surface area (Å²) in [4.78, 5) is 26.6. The van der Waals surface area contributed by atoms with E-state index >= 15 is 0 Å². The summed E-state index contributed by atoms with van der Waals surface area (Å²) in [6, 6.07) is 12.4. The number of hydrogen-bond acceptors (Lipinski definition) is 3. The van der Waals surface area contributed by atoms with E-state index in [9.17, 15) is 14.0 Å². The molecular formula is C21H22ClFN2O3. The van der Waals surface area contributed by atoms with Crippen molar-refractivity contribution in [1.29, 1.82) is 0 Å². The normalized spacial score (nSPS) is 15.8. The van der Waals surface area contributed by atoms with E-state index in [1.165, 1.54) is 18.2 Å². The number of hydrogen-bond donors (Lipinski definition) is 1. The molecule has 1 fully saturated rings. The highest BCUT2D eigenvalue weighted by Gasteiger charge is 2.28. The number of piperidine rings is 1. The zero-order chi connectivity index (χ0) is 20.1. The molecule has 2 aromatic carbocycles. The van der Waals surface area contributed by atoms with Gasteiger partial charge in [-0.25, -0.2) is 4.39 Å². The molecule has 2 aromatic rings. The van der Waals surface area contributed by atoms with Crippen LogP contribution in [0.15, 0.2) is 48.5 Å². The average Bonchev–Trinajstić information content (AvgIpc) is 2.69. The Bertz CT molecular complexity index is 836. The van der Waals surface area contributed by atoms with Gasteiger partial charge in [-0.2, -0.15) is 0 Å². The smallest absolute Gasteiger partial charge is 0.263 e. The number of nitrogens with one attached hydrogen (secondary N) is 1. The number of halogens is 2. The summed E-state index contributed by atoms with van der Waals surface area (Å²) in [7, 11) is 0. The molecule has 1 N–H and O–H groups in total. The lowest BCUT2D eigenvalue weighted by Gasteiger charge is -2.33. The molecule has 1 atom stereocenters. The maximum atomic E-state index is 13.3. The molecule has 0 saturated carbocycles. The van der Waals surface area contributed by atoms with Gasteiger partial charge in [-0.15, -0.1) is 0 Å². The molecule has 1 aliphatic rings. The predicted molar refractivity (Wildman–Crippen MR) is 105 cm³/mol. The van der Waals surface area contributed by atoms with Crippen LogP contribution < -0.4 is 10.1 Å². The van der Waals surface area contributed by atoms with Gasteiger partial charge in [-0.05, 0) is 62.2 Å². The Morgan fingerprint density at radius 2 is 1.86 bits per heavy atom. The largest absolute Gasteiger partial charge is 0.481 e. The maximum absolute atomic E-state index is 13.3. The maximum Gasteiger partial charge on any atom is 0.263 e. The minimum atomic E-state index is -0.611. The molecule has 0 aliphatic carbocycles. The Labute approximate surface area is 168 Å². The van der Waals surface area contributed by atoms with E-state index in [4.69, 9.17) is 16.3 Å². The monoisotopic (exact) mass is 404 g/mol. The number of carbonyl (C=O) groups is 2. The topological polar surface area (TPSA) is 58.6 Å². The van der Waals surface area contributed by atoms with Crippen molar-refractivity contribution in [1.82, 2.24) is 10.2 Å². The van der Waals surface area contributed by atoms with Crippen molar-refractivity contribution in [3.05, 3.63) is 64.9 Å².